The zero-order chi connectivity index (χ0) is 22.7. The Morgan fingerprint density at radius 1 is 0.875 bits per heavy atom. The predicted octanol–water partition coefficient (Wildman–Crippen LogP) is 6.29. The lowest BCUT2D eigenvalue weighted by Gasteiger charge is -2.09. The van der Waals surface area contributed by atoms with E-state index in [1.165, 1.54) is 0 Å². The van der Waals surface area contributed by atoms with Gasteiger partial charge in [-0.15, -0.1) is 0 Å². The standard InChI is InChI=1S/C25H23BrN2O4/c1-4-32-21-14-17(13-20(26)24(21)29)25-27-22(15-5-9-18(30-2)10-6-15)23(28-25)16-7-11-19(31-3)12-8-16/h5-14,29H,4H2,1-3H3,(H,27,28). The highest BCUT2D eigenvalue weighted by molar-refractivity contribution is 9.10. The van der Waals surface area contributed by atoms with E-state index in [9.17, 15) is 5.11 Å². The van der Waals surface area contributed by atoms with Crippen LogP contribution in [0.15, 0.2) is 65.1 Å². The van der Waals surface area contributed by atoms with Crippen LogP contribution in [0, 0.1) is 0 Å². The second-order valence-electron chi connectivity index (χ2n) is 7.00. The smallest absolute Gasteiger partial charge is 0.172 e. The minimum absolute atomic E-state index is 0.0629. The maximum Gasteiger partial charge on any atom is 0.172 e. The Hall–Kier alpha value is -3.45. The normalized spacial score (nSPS) is 10.8. The van der Waals surface area contributed by atoms with Crippen molar-refractivity contribution in [3.8, 4) is 56.9 Å². The molecule has 0 atom stereocenters. The van der Waals surface area contributed by atoms with Gasteiger partial charge < -0.3 is 24.3 Å². The summed E-state index contributed by atoms with van der Waals surface area (Å²) in [6.07, 6.45) is 0. The van der Waals surface area contributed by atoms with Gasteiger partial charge in [-0.25, -0.2) is 4.98 Å². The van der Waals surface area contributed by atoms with Gasteiger partial charge in [0, 0.05) is 16.7 Å². The fourth-order valence-electron chi connectivity index (χ4n) is 3.41. The summed E-state index contributed by atoms with van der Waals surface area (Å²) in [4.78, 5) is 8.37. The van der Waals surface area contributed by atoms with E-state index < -0.39 is 0 Å². The molecule has 0 spiro atoms. The van der Waals surface area contributed by atoms with Crippen molar-refractivity contribution in [3.63, 3.8) is 0 Å². The summed E-state index contributed by atoms with van der Waals surface area (Å²) in [6.45, 7) is 2.31. The largest absolute Gasteiger partial charge is 0.503 e. The quantitative estimate of drug-likeness (QED) is 0.315. The summed E-state index contributed by atoms with van der Waals surface area (Å²) in [6, 6.07) is 19.2. The van der Waals surface area contributed by atoms with Gasteiger partial charge in [0.25, 0.3) is 0 Å². The number of methoxy groups -OCH3 is 2. The third-order valence-electron chi connectivity index (χ3n) is 5.05. The van der Waals surface area contributed by atoms with E-state index in [4.69, 9.17) is 19.2 Å². The molecule has 0 saturated heterocycles. The van der Waals surface area contributed by atoms with Crippen molar-refractivity contribution in [2.75, 3.05) is 20.8 Å². The zero-order valence-corrected chi connectivity index (χ0v) is 19.6. The number of rotatable bonds is 7. The van der Waals surface area contributed by atoms with Crippen molar-refractivity contribution in [2.45, 2.75) is 6.92 Å². The first kappa shape index (κ1) is 21.8. The molecular formula is C25H23BrN2O4. The molecule has 0 aliphatic carbocycles. The second kappa shape index (κ2) is 9.36. The van der Waals surface area contributed by atoms with Gasteiger partial charge in [0.15, 0.2) is 11.5 Å². The van der Waals surface area contributed by atoms with E-state index in [0.717, 1.165) is 39.6 Å². The molecule has 4 aromatic rings. The number of hydrogen-bond acceptors (Lipinski definition) is 5. The summed E-state index contributed by atoms with van der Waals surface area (Å²) in [5, 5.41) is 10.3. The molecule has 2 N–H and O–H groups in total. The van der Waals surface area contributed by atoms with Crippen LogP contribution in [-0.4, -0.2) is 35.9 Å². The molecule has 3 aromatic carbocycles. The molecule has 0 saturated carbocycles. The number of imidazole rings is 1. The number of nitrogens with zero attached hydrogens (tertiary/aromatic N) is 1. The van der Waals surface area contributed by atoms with E-state index >= 15 is 0 Å². The summed E-state index contributed by atoms with van der Waals surface area (Å²) >= 11 is 3.41. The van der Waals surface area contributed by atoms with Crippen molar-refractivity contribution < 1.29 is 19.3 Å². The van der Waals surface area contributed by atoms with Crippen molar-refractivity contribution in [1.29, 1.82) is 0 Å². The third kappa shape index (κ3) is 4.29. The molecule has 0 bridgehead atoms. The zero-order valence-electron chi connectivity index (χ0n) is 18.0. The third-order valence-corrected chi connectivity index (χ3v) is 5.65. The van der Waals surface area contributed by atoms with Crippen LogP contribution >= 0.6 is 15.9 Å². The number of phenolic OH excluding ortho intramolecular Hbond substituents is 1. The number of benzene rings is 3. The molecule has 0 radical (unpaired) electrons. The Balaban J connectivity index is 1.87. The van der Waals surface area contributed by atoms with E-state index in [-0.39, 0.29) is 5.75 Å². The number of hydrogen-bond donors (Lipinski definition) is 2. The molecule has 1 aromatic heterocycles. The second-order valence-corrected chi connectivity index (χ2v) is 7.86. The highest BCUT2D eigenvalue weighted by Gasteiger charge is 2.18. The van der Waals surface area contributed by atoms with E-state index in [0.29, 0.717) is 22.7 Å². The van der Waals surface area contributed by atoms with Crippen LogP contribution in [0.3, 0.4) is 0 Å². The van der Waals surface area contributed by atoms with E-state index in [1.54, 1.807) is 20.3 Å². The maximum atomic E-state index is 10.3. The van der Waals surface area contributed by atoms with Gasteiger partial charge in [-0.05, 0) is 83.5 Å². The lowest BCUT2D eigenvalue weighted by Crippen LogP contribution is -1.93. The van der Waals surface area contributed by atoms with E-state index in [1.807, 2.05) is 61.5 Å². The molecule has 7 heteroatoms. The lowest BCUT2D eigenvalue weighted by atomic mass is 10.0. The van der Waals surface area contributed by atoms with Crippen LogP contribution in [0.2, 0.25) is 0 Å². The Morgan fingerprint density at radius 3 is 2.03 bits per heavy atom. The molecule has 0 amide bonds. The maximum absolute atomic E-state index is 10.3. The summed E-state index contributed by atoms with van der Waals surface area (Å²) in [5.74, 6) is 2.67. The highest BCUT2D eigenvalue weighted by Crippen LogP contribution is 2.40. The summed E-state index contributed by atoms with van der Waals surface area (Å²) in [7, 11) is 3.29. The van der Waals surface area contributed by atoms with Gasteiger partial charge >= 0.3 is 0 Å². The molecule has 4 rings (SSSR count). The van der Waals surface area contributed by atoms with Crippen LogP contribution in [0.4, 0.5) is 0 Å². The molecule has 6 nitrogen and oxygen atoms in total. The molecule has 1 heterocycles. The molecule has 0 fully saturated rings. The predicted molar refractivity (Wildman–Crippen MR) is 129 cm³/mol. The molecule has 0 unspecified atom stereocenters. The average Bonchev–Trinajstić information content (AvgIpc) is 3.27. The summed E-state index contributed by atoms with van der Waals surface area (Å²) in [5.41, 5.74) is 4.37. The molecule has 164 valence electrons. The monoisotopic (exact) mass is 494 g/mol. The number of aromatic hydroxyl groups is 1. The van der Waals surface area contributed by atoms with Crippen molar-refractivity contribution in [3.05, 3.63) is 65.1 Å². The van der Waals surface area contributed by atoms with Crippen molar-refractivity contribution in [1.82, 2.24) is 9.97 Å². The molecular weight excluding hydrogens is 472 g/mol. The molecule has 0 aliphatic rings. The fourth-order valence-corrected chi connectivity index (χ4v) is 3.85. The molecule has 32 heavy (non-hydrogen) atoms. The Morgan fingerprint density at radius 2 is 1.47 bits per heavy atom. The van der Waals surface area contributed by atoms with Gasteiger partial charge in [0.05, 0.1) is 36.7 Å². The lowest BCUT2D eigenvalue weighted by molar-refractivity contribution is 0.317. The van der Waals surface area contributed by atoms with Crippen molar-refractivity contribution >= 4 is 15.9 Å². The van der Waals surface area contributed by atoms with Gasteiger partial charge in [0.2, 0.25) is 0 Å². The van der Waals surface area contributed by atoms with Crippen LogP contribution in [0.5, 0.6) is 23.0 Å². The molecule has 0 aliphatic heterocycles. The van der Waals surface area contributed by atoms with Crippen LogP contribution in [0.1, 0.15) is 6.92 Å². The van der Waals surface area contributed by atoms with Gasteiger partial charge in [0.1, 0.15) is 17.3 Å². The first-order valence-electron chi connectivity index (χ1n) is 10.1. The van der Waals surface area contributed by atoms with Crippen LogP contribution in [0.25, 0.3) is 33.9 Å². The Bertz CT molecular complexity index is 1150. The van der Waals surface area contributed by atoms with Crippen LogP contribution < -0.4 is 14.2 Å². The Labute approximate surface area is 194 Å². The number of H-pyrrole nitrogens is 1. The van der Waals surface area contributed by atoms with Gasteiger partial charge in [-0.3, -0.25) is 0 Å². The number of nitrogens with one attached hydrogen (secondary N) is 1. The number of aromatic amines is 1. The first-order valence-corrected chi connectivity index (χ1v) is 10.9. The fraction of sp³-hybridized carbons (Fsp3) is 0.160. The SMILES string of the molecule is CCOc1cc(-c2nc(-c3ccc(OC)cc3)c(-c3ccc(OC)cc3)[nH]2)cc(Br)c1O. The number of phenols is 1. The average molecular weight is 495 g/mol. The topological polar surface area (TPSA) is 76.6 Å². The Kier molecular flexibility index (Phi) is 6.37. The van der Waals surface area contributed by atoms with Crippen LogP contribution in [-0.2, 0) is 0 Å². The highest BCUT2D eigenvalue weighted by atomic mass is 79.9. The first-order chi connectivity index (χ1) is 15.5. The van der Waals surface area contributed by atoms with Gasteiger partial charge in [-0.2, -0.15) is 0 Å². The minimum Gasteiger partial charge on any atom is -0.503 e. The minimum atomic E-state index is 0.0629. The number of aromatic nitrogens is 2. The number of halogens is 1. The number of ether oxygens (including phenoxy) is 3. The summed E-state index contributed by atoms with van der Waals surface area (Å²) < 4.78 is 16.7. The van der Waals surface area contributed by atoms with Crippen molar-refractivity contribution in [2.24, 2.45) is 0 Å². The van der Waals surface area contributed by atoms with E-state index in [2.05, 4.69) is 20.9 Å². The van der Waals surface area contributed by atoms with Gasteiger partial charge in [-0.1, -0.05) is 0 Å².